The Morgan fingerprint density at radius 2 is 2.19 bits per heavy atom. The molecule has 1 aromatic rings. The van der Waals surface area contributed by atoms with Crippen LogP contribution >= 0.6 is 15.9 Å². The number of alkyl halides is 1. The molecule has 1 heterocycles. The van der Waals surface area contributed by atoms with Crippen LogP contribution in [0.15, 0.2) is 0 Å². The van der Waals surface area contributed by atoms with E-state index in [-0.39, 0.29) is 0 Å². The highest BCUT2D eigenvalue weighted by Gasteiger charge is 2.38. The number of nitrogens with zero attached hydrogens (tertiary/aromatic N) is 3. The average molecular weight is 286 g/mol. The van der Waals surface area contributed by atoms with Gasteiger partial charge in [-0.25, -0.2) is 0 Å². The molecule has 0 aromatic carbocycles. The smallest absolute Gasteiger partial charge is 0.143 e. The largest absolute Gasteiger partial charge is 0.314 e. The lowest BCUT2D eigenvalue weighted by Crippen LogP contribution is -2.20. The van der Waals surface area contributed by atoms with E-state index in [2.05, 4.69) is 51.5 Å². The molecule has 0 saturated heterocycles. The third-order valence-electron chi connectivity index (χ3n) is 3.86. The van der Waals surface area contributed by atoms with Crippen molar-refractivity contribution in [3.8, 4) is 0 Å². The van der Waals surface area contributed by atoms with Crippen LogP contribution in [0, 0.1) is 5.41 Å². The average Bonchev–Trinajstić information content (AvgIpc) is 2.79. The van der Waals surface area contributed by atoms with Gasteiger partial charge in [-0.05, 0) is 25.2 Å². The summed E-state index contributed by atoms with van der Waals surface area (Å²) in [4.78, 5) is 0. The second-order valence-electron chi connectivity index (χ2n) is 5.29. The van der Waals surface area contributed by atoms with Crippen molar-refractivity contribution in [1.82, 2.24) is 14.8 Å². The van der Waals surface area contributed by atoms with Gasteiger partial charge in [0.2, 0.25) is 0 Å². The van der Waals surface area contributed by atoms with E-state index in [9.17, 15) is 0 Å². The zero-order valence-electron chi connectivity index (χ0n) is 10.3. The van der Waals surface area contributed by atoms with Gasteiger partial charge in [0.25, 0.3) is 0 Å². The SMILES string of the molecule is CCn1c(CBr)nnc1C1CCCC1(C)C. The lowest BCUT2D eigenvalue weighted by atomic mass is 9.81. The lowest BCUT2D eigenvalue weighted by Gasteiger charge is -2.26. The first-order chi connectivity index (χ1) is 7.60. The van der Waals surface area contributed by atoms with Gasteiger partial charge >= 0.3 is 0 Å². The molecule has 1 atom stereocenters. The summed E-state index contributed by atoms with van der Waals surface area (Å²) in [5.41, 5.74) is 0.379. The fourth-order valence-corrected chi connectivity index (χ4v) is 3.27. The predicted octanol–water partition coefficient (Wildman–Crippen LogP) is 3.49. The minimum absolute atomic E-state index is 0.379. The zero-order chi connectivity index (χ0) is 11.8. The minimum Gasteiger partial charge on any atom is -0.314 e. The summed E-state index contributed by atoms with van der Waals surface area (Å²) >= 11 is 3.48. The Bertz CT molecular complexity index is 370. The molecular weight excluding hydrogens is 266 g/mol. The fraction of sp³-hybridized carbons (Fsp3) is 0.833. The molecule has 0 radical (unpaired) electrons. The maximum Gasteiger partial charge on any atom is 0.143 e. The number of rotatable bonds is 3. The van der Waals surface area contributed by atoms with E-state index in [0.29, 0.717) is 11.3 Å². The summed E-state index contributed by atoms with van der Waals surface area (Å²) in [6, 6.07) is 0. The Labute approximate surface area is 106 Å². The fourth-order valence-electron chi connectivity index (χ4n) is 2.86. The molecule has 1 aliphatic rings. The Morgan fingerprint density at radius 1 is 1.44 bits per heavy atom. The van der Waals surface area contributed by atoms with Crippen molar-refractivity contribution >= 4 is 15.9 Å². The van der Waals surface area contributed by atoms with Crippen molar-refractivity contribution in [2.24, 2.45) is 5.41 Å². The Balaban J connectivity index is 2.36. The van der Waals surface area contributed by atoms with E-state index >= 15 is 0 Å². The van der Waals surface area contributed by atoms with Gasteiger partial charge in [0.15, 0.2) is 0 Å². The zero-order valence-corrected chi connectivity index (χ0v) is 11.9. The molecule has 1 unspecified atom stereocenters. The van der Waals surface area contributed by atoms with Gasteiger partial charge < -0.3 is 4.57 Å². The van der Waals surface area contributed by atoms with Crippen LogP contribution in [-0.4, -0.2) is 14.8 Å². The summed E-state index contributed by atoms with van der Waals surface area (Å²) in [5, 5.41) is 9.49. The number of hydrogen-bond acceptors (Lipinski definition) is 2. The van der Waals surface area contributed by atoms with E-state index in [1.54, 1.807) is 0 Å². The highest BCUT2D eigenvalue weighted by atomic mass is 79.9. The van der Waals surface area contributed by atoms with Crippen LogP contribution in [0.25, 0.3) is 0 Å². The Morgan fingerprint density at radius 3 is 2.69 bits per heavy atom. The lowest BCUT2D eigenvalue weighted by molar-refractivity contribution is 0.314. The predicted molar refractivity (Wildman–Crippen MR) is 68.7 cm³/mol. The summed E-state index contributed by atoms with van der Waals surface area (Å²) < 4.78 is 2.27. The number of aromatic nitrogens is 3. The molecule has 2 rings (SSSR count). The van der Waals surface area contributed by atoms with E-state index < -0.39 is 0 Å². The van der Waals surface area contributed by atoms with Crippen LogP contribution in [0.2, 0.25) is 0 Å². The van der Waals surface area contributed by atoms with Gasteiger partial charge in [0.1, 0.15) is 11.6 Å². The van der Waals surface area contributed by atoms with Gasteiger partial charge in [0.05, 0.1) is 5.33 Å². The number of halogens is 1. The van der Waals surface area contributed by atoms with E-state index in [4.69, 9.17) is 0 Å². The molecule has 4 heteroatoms. The van der Waals surface area contributed by atoms with Gasteiger partial charge in [-0.3, -0.25) is 0 Å². The van der Waals surface area contributed by atoms with Crippen molar-refractivity contribution in [2.75, 3.05) is 0 Å². The first kappa shape index (κ1) is 12.1. The van der Waals surface area contributed by atoms with Gasteiger partial charge in [-0.2, -0.15) is 0 Å². The van der Waals surface area contributed by atoms with Crippen molar-refractivity contribution in [2.45, 2.75) is 57.8 Å². The van der Waals surface area contributed by atoms with Gasteiger partial charge in [-0.15, -0.1) is 10.2 Å². The van der Waals surface area contributed by atoms with Gasteiger partial charge in [0, 0.05) is 12.5 Å². The third kappa shape index (κ3) is 1.92. The molecule has 1 saturated carbocycles. The van der Waals surface area contributed by atoms with Crippen LogP contribution in [0.1, 0.15) is 57.6 Å². The second-order valence-corrected chi connectivity index (χ2v) is 5.85. The molecule has 0 amide bonds. The maximum atomic E-state index is 4.42. The summed E-state index contributed by atoms with van der Waals surface area (Å²) in [5.74, 6) is 2.83. The van der Waals surface area contributed by atoms with Gasteiger partial charge in [-0.1, -0.05) is 36.2 Å². The molecular formula is C12H20BrN3. The second kappa shape index (κ2) is 4.47. The monoisotopic (exact) mass is 285 g/mol. The highest BCUT2D eigenvalue weighted by Crippen LogP contribution is 2.48. The molecule has 0 N–H and O–H groups in total. The van der Waals surface area contributed by atoms with Crippen LogP contribution in [-0.2, 0) is 11.9 Å². The van der Waals surface area contributed by atoms with Crippen LogP contribution in [0.5, 0.6) is 0 Å². The summed E-state index contributed by atoms with van der Waals surface area (Å²) in [7, 11) is 0. The van der Waals surface area contributed by atoms with Crippen molar-refractivity contribution in [3.63, 3.8) is 0 Å². The maximum absolute atomic E-state index is 4.42. The van der Waals surface area contributed by atoms with E-state index in [1.165, 1.54) is 25.1 Å². The molecule has 1 fully saturated rings. The van der Waals surface area contributed by atoms with Crippen molar-refractivity contribution < 1.29 is 0 Å². The van der Waals surface area contributed by atoms with E-state index in [0.717, 1.165) is 17.7 Å². The molecule has 16 heavy (non-hydrogen) atoms. The van der Waals surface area contributed by atoms with Crippen LogP contribution in [0.4, 0.5) is 0 Å². The van der Waals surface area contributed by atoms with Crippen LogP contribution in [0.3, 0.4) is 0 Å². The Hall–Kier alpha value is -0.380. The summed E-state index contributed by atoms with van der Waals surface area (Å²) in [6.45, 7) is 7.84. The van der Waals surface area contributed by atoms with Crippen molar-refractivity contribution in [1.29, 1.82) is 0 Å². The topological polar surface area (TPSA) is 30.7 Å². The molecule has 0 bridgehead atoms. The first-order valence-corrected chi connectivity index (χ1v) is 7.20. The quantitative estimate of drug-likeness (QED) is 0.796. The standard InChI is InChI=1S/C12H20BrN3/c1-4-16-10(8-13)14-15-11(16)9-6-5-7-12(9,2)3/h9H,4-8H2,1-3H3. The molecule has 1 aliphatic carbocycles. The third-order valence-corrected chi connectivity index (χ3v) is 4.36. The number of hydrogen-bond donors (Lipinski definition) is 0. The van der Waals surface area contributed by atoms with Crippen molar-refractivity contribution in [3.05, 3.63) is 11.6 Å². The molecule has 90 valence electrons. The highest BCUT2D eigenvalue weighted by molar-refractivity contribution is 9.08. The first-order valence-electron chi connectivity index (χ1n) is 6.08. The summed E-state index contributed by atoms with van der Waals surface area (Å²) in [6.07, 6.45) is 3.88. The molecule has 0 aliphatic heterocycles. The van der Waals surface area contributed by atoms with Crippen LogP contribution < -0.4 is 0 Å². The minimum atomic E-state index is 0.379. The Kier molecular flexibility index (Phi) is 3.38. The molecule has 1 aromatic heterocycles. The molecule has 3 nitrogen and oxygen atoms in total. The molecule has 0 spiro atoms. The normalized spacial score (nSPS) is 23.9. The van der Waals surface area contributed by atoms with E-state index in [1.807, 2.05) is 0 Å².